The minimum absolute atomic E-state index is 0.872. The van der Waals surface area contributed by atoms with Gasteiger partial charge in [0.15, 0.2) is 28.9 Å². The van der Waals surface area contributed by atoms with Gasteiger partial charge < -0.3 is 20.4 Å². The lowest BCUT2D eigenvalue weighted by Crippen LogP contribution is -2.60. The van der Waals surface area contributed by atoms with Crippen LogP contribution in [-0.2, 0) is 19.2 Å². The minimum atomic E-state index is -2.57. The van der Waals surface area contributed by atoms with Crippen LogP contribution in [0.15, 0.2) is 0 Å². The normalized spacial score (nSPS) is 17.5. The Morgan fingerprint density at radius 3 is 1.38 bits per heavy atom. The SMILES string of the molecule is CC(=O)C(C(C)=O)(C(C)=O)[C@H](O)[C@H](O)[C@@H](O)[C@@H](O)C(=O)Br. The number of Topliss-reactive ketones (excluding diaryl/α,β-unsaturated/α-hetero) is 3. The molecular weight excluding hydrogens is 352 g/mol. The maximum Gasteiger partial charge on any atom is 0.228 e. The average Bonchev–Trinajstić information content (AvgIpc) is 2.34. The first-order chi connectivity index (χ1) is 9.42. The van der Waals surface area contributed by atoms with Crippen LogP contribution in [0.1, 0.15) is 20.8 Å². The molecule has 0 aliphatic rings. The highest BCUT2D eigenvalue weighted by atomic mass is 79.9. The molecule has 0 spiro atoms. The van der Waals surface area contributed by atoms with Crippen LogP contribution >= 0.6 is 15.9 Å². The minimum Gasteiger partial charge on any atom is -0.388 e. The van der Waals surface area contributed by atoms with Crippen LogP contribution in [0.25, 0.3) is 0 Å². The van der Waals surface area contributed by atoms with E-state index in [4.69, 9.17) is 0 Å². The van der Waals surface area contributed by atoms with Gasteiger partial charge in [-0.05, 0) is 36.7 Å². The molecule has 0 aliphatic carbocycles. The number of carbonyl (C=O) groups is 4. The summed E-state index contributed by atoms with van der Waals surface area (Å²) in [4.78, 5) is 45.9. The largest absolute Gasteiger partial charge is 0.388 e. The van der Waals surface area contributed by atoms with Crippen molar-refractivity contribution in [3.8, 4) is 0 Å². The molecule has 4 N–H and O–H groups in total. The molecule has 0 aromatic heterocycles. The Morgan fingerprint density at radius 1 is 0.810 bits per heavy atom. The van der Waals surface area contributed by atoms with Gasteiger partial charge >= 0.3 is 0 Å². The van der Waals surface area contributed by atoms with E-state index in [0.717, 1.165) is 20.8 Å². The molecule has 0 radical (unpaired) electrons. The summed E-state index contributed by atoms with van der Waals surface area (Å²) in [5, 5.41) is 38.7. The second kappa shape index (κ2) is 7.32. The van der Waals surface area contributed by atoms with Gasteiger partial charge in [0.1, 0.15) is 18.3 Å². The quantitative estimate of drug-likeness (QED) is 0.286. The lowest BCUT2D eigenvalue weighted by molar-refractivity contribution is -0.170. The van der Waals surface area contributed by atoms with E-state index in [0.29, 0.717) is 0 Å². The van der Waals surface area contributed by atoms with Gasteiger partial charge in [-0.25, -0.2) is 0 Å². The lowest BCUT2D eigenvalue weighted by Gasteiger charge is -2.35. The molecule has 0 saturated carbocycles. The highest BCUT2D eigenvalue weighted by Gasteiger charge is 2.55. The molecule has 8 nitrogen and oxygen atoms in total. The van der Waals surface area contributed by atoms with E-state index in [9.17, 15) is 39.6 Å². The zero-order valence-electron chi connectivity index (χ0n) is 11.6. The molecule has 0 bridgehead atoms. The van der Waals surface area contributed by atoms with Crippen LogP contribution in [0.2, 0.25) is 0 Å². The van der Waals surface area contributed by atoms with Crippen LogP contribution in [0, 0.1) is 5.41 Å². The highest BCUT2D eigenvalue weighted by Crippen LogP contribution is 2.30. The zero-order chi connectivity index (χ0) is 17.1. The van der Waals surface area contributed by atoms with Crippen molar-refractivity contribution < 1.29 is 39.6 Å². The summed E-state index contributed by atoms with van der Waals surface area (Å²) in [5.41, 5.74) is -2.57. The molecule has 9 heteroatoms. The number of hydrogen-bond donors (Lipinski definition) is 4. The maximum atomic E-state index is 11.7. The van der Waals surface area contributed by atoms with Crippen molar-refractivity contribution in [3.05, 3.63) is 0 Å². The second-order valence-corrected chi connectivity index (χ2v) is 5.43. The van der Waals surface area contributed by atoms with Gasteiger partial charge in [0, 0.05) is 0 Å². The standard InChI is InChI=1S/C12H17BrO8/c1-4(14)12(5(2)15,6(3)16)10(20)8(18)7(17)9(19)11(13)21/h7-10,17-20H,1-3H3/t7-,8-,9-,10-/m1/s1. The molecule has 4 atom stereocenters. The summed E-state index contributed by atoms with van der Waals surface area (Å²) in [5.74, 6) is -3.08. The first-order valence-corrected chi connectivity index (χ1v) is 6.66. The van der Waals surface area contributed by atoms with Gasteiger partial charge in [0.2, 0.25) is 4.69 Å². The van der Waals surface area contributed by atoms with Crippen LogP contribution < -0.4 is 0 Å². The van der Waals surface area contributed by atoms with Crippen molar-refractivity contribution in [2.45, 2.75) is 45.2 Å². The number of hydrogen-bond acceptors (Lipinski definition) is 8. The van der Waals surface area contributed by atoms with E-state index >= 15 is 0 Å². The monoisotopic (exact) mass is 368 g/mol. The Kier molecular flexibility index (Phi) is 6.97. The average molecular weight is 369 g/mol. The van der Waals surface area contributed by atoms with Gasteiger partial charge in [0.05, 0.1) is 0 Å². The topological polar surface area (TPSA) is 149 Å². The number of halogens is 1. The maximum absolute atomic E-state index is 11.7. The summed E-state index contributed by atoms with van der Waals surface area (Å²) >= 11 is 2.35. The summed E-state index contributed by atoms with van der Waals surface area (Å²) < 4.78 is -1.08. The third-order valence-electron chi connectivity index (χ3n) is 3.34. The van der Waals surface area contributed by atoms with Gasteiger partial charge in [-0.15, -0.1) is 0 Å². The summed E-state index contributed by atoms with van der Waals surface area (Å²) in [6.45, 7) is 2.62. The molecule has 0 aliphatic heterocycles. The molecule has 0 unspecified atom stereocenters. The zero-order valence-corrected chi connectivity index (χ0v) is 13.2. The first kappa shape index (κ1) is 20.0. The summed E-state index contributed by atoms with van der Waals surface area (Å²) in [6, 6.07) is 0. The van der Waals surface area contributed by atoms with E-state index in [1.54, 1.807) is 0 Å². The van der Waals surface area contributed by atoms with E-state index < -0.39 is 51.9 Å². The fourth-order valence-electron chi connectivity index (χ4n) is 2.13. The lowest BCUT2D eigenvalue weighted by atomic mass is 9.69. The Bertz CT molecular complexity index is 424. The van der Waals surface area contributed by atoms with Crippen molar-refractivity contribution >= 4 is 38.0 Å². The highest BCUT2D eigenvalue weighted by molar-refractivity contribution is 9.18. The third-order valence-corrected chi connectivity index (χ3v) is 3.81. The molecule has 0 aromatic carbocycles. The van der Waals surface area contributed by atoms with Crippen molar-refractivity contribution in [3.63, 3.8) is 0 Å². The molecule has 0 rings (SSSR count). The molecule has 0 fully saturated rings. The second-order valence-electron chi connectivity index (χ2n) is 4.65. The van der Waals surface area contributed by atoms with Gasteiger partial charge in [-0.3, -0.25) is 19.2 Å². The van der Waals surface area contributed by atoms with E-state index in [-0.39, 0.29) is 0 Å². The van der Waals surface area contributed by atoms with E-state index in [2.05, 4.69) is 15.9 Å². The number of ketones is 3. The van der Waals surface area contributed by atoms with Gasteiger partial charge in [0.25, 0.3) is 0 Å². The molecule has 0 heterocycles. The fourth-order valence-corrected chi connectivity index (χ4v) is 2.40. The Hall–Kier alpha value is -1.00. The first-order valence-electron chi connectivity index (χ1n) is 5.87. The molecule has 120 valence electrons. The van der Waals surface area contributed by atoms with E-state index in [1.807, 2.05) is 0 Å². The van der Waals surface area contributed by atoms with Crippen LogP contribution in [0.5, 0.6) is 0 Å². The smallest absolute Gasteiger partial charge is 0.228 e. The predicted molar refractivity (Wildman–Crippen MR) is 72.4 cm³/mol. The molecule has 21 heavy (non-hydrogen) atoms. The Balaban J connectivity index is 5.75. The Morgan fingerprint density at radius 2 is 1.14 bits per heavy atom. The van der Waals surface area contributed by atoms with Crippen molar-refractivity contribution in [2.24, 2.45) is 5.41 Å². The van der Waals surface area contributed by atoms with Gasteiger partial charge in [-0.2, -0.15) is 0 Å². The molecule has 0 aromatic rings. The van der Waals surface area contributed by atoms with Crippen molar-refractivity contribution in [2.75, 3.05) is 0 Å². The van der Waals surface area contributed by atoms with Crippen LogP contribution in [0.3, 0.4) is 0 Å². The molecular formula is C12H17BrO8. The number of aliphatic hydroxyl groups is 4. The molecule has 0 saturated heterocycles. The predicted octanol–water partition coefficient (Wildman–Crippen LogP) is -1.90. The summed E-state index contributed by atoms with van der Waals surface area (Å²) in [7, 11) is 0. The number of carbonyl (C=O) groups excluding carboxylic acids is 4. The van der Waals surface area contributed by atoms with Crippen LogP contribution in [0.4, 0.5) is 0 Å². The summed E-state index contributed by atoms with van der Waals surface area (Å²) in [6.07, 6.45) is -8.91. The Labute approximate surface area is 128 Å². The van der Waals surface area contributed by atoms with Crippen molar-refractivity contribution in [1.82, 2.24) is 0 Å². The van der Waals surface area contributed by atoms with Gasteiger partial charge in [-0.1, -0.05) is 0 Å². The van der Waals surface area contributed by atoms with Crippen LogP contribution in [-0.4, -0.2) is 66.9 Å². The third kappa shape index (κ3) is 3.61. The van der Waals surface area contributed by atoms with E-state index in [1.165, 1.54) is 0 Å². The fraction of sp³-hybridized carbons (Fsp3) is 0.667. The number of aliphatic hydroxyl groups excluding tert-OH is 4. The van der Waals surface area contributed by atoms with Crippen molar-refractivity contribution in [1.29, 1.82) is 0 Å². The number of rotatable bonds is 8. The molecule has 0 amide bonds.